The number of furan rings is 2. The SMILES string of the molecule is c1ccc(-c2ccc(N(c3ccccc3)c3ccc4c(c3)oc3ccccc34)c3c2oc2c4ccccc4c4ccccc4c23)cc1. The lowest BCUT2D eigenvalue weighted by atomic mass is 9.94. The van der Waals surface area contributed by atoms with Crippen molar-refractivity contribution in [3.63, 3.8) is 0 Å². The van der Waals surface area contributed by atoms with E-state index in [0.717, 1.165) is 77.5 Å². The average Bonchev–Trinajstić information content (AvgIpc) is 3.72. The van der Waals surface area contributed by atoms with Gasteiger partial charge in [0.15, 0.2) is 0 Å². The second kappa shape index (κ2) is 10.1. The number of benzene rings is 8. The van der Waals surface area contributed by atoms with Gasteiger partial charge in [0.1, 0.15) is 22.3 Å². The molecule has 0 aliphatic heterocycles. The van der Waals surface area contributed by atoms with E-state index in [-0.39, 0.29) is 0 Å². The van der Waals surface area contributed by atoms with Gasteiger partial charge in [-0.15, -0.1) is 0 Å². The molecule has 0 radical (unpaired) electrons. The normalized spacial score (nSPS) is 11.8. The Morgan fingerprint density at radius 1 is 0.362 bits per heavy atom. The molecule has 0 spiro atoms. The van der Waals surface area contributed by atoms with Crippen molar-refractivity contribution in [1.29, 1.82) is 0 Å². The summed E-state index contributed by atoms with van der Waals surface area (Å²) in [5.74, 6) is 0. The molecule has 10 aromatic rings. The van der Waals surface area contributed by atoms with Gasteiger partial charge in [-0.3, -0.25) is 0 Å². The molecule has 2 aromatic heterocycles. The summed E-state index contributed by atoms with van der Waals surface area (Å²) in [6, 6.07) is 57.6. The number of anilines is 3. The summed E-state index contributed by atoms with van der Waals surface area (Å²) in [5.41, 5.74) is 8.80. The van der Waals surface area contributed by atoms with Crippen LogP contribution in [-0.2, 0) is 0 Å². The Labute approximate surface area is 270 Å². The van der Waals surface area contributed by atoms with Gasteiger partial charge >= 0.3 is 0 Å². The first-order valence-corrected chi connectivity index (χ1v) is 15.9. The molecular weight excluding hydrogens is 574 g/mol. The molecule has 0 saturated heterocycles. The smallest absolute Gasteiger partial charge is 0.145 e. The maximum atomic E-state index is 7.09. The van der Waals surface area contributed by atoms with Crippen molar-refractivity contribution in [3.8, 4) is 11.1 Å². The molecular formula is C44H27NO2. The highest BCUT2D eigenvalue weighted by molar-refractivity contribution is 6.33. The van der Waals surface area contributed by atoms with Crippen LogP contribution in [0.5, 0.6) is 0 Å². The third-order valence-electron chi connectivity index (χ3n) is 9.44. The van der Waals surface area contributed by atoms with Gasteiger partial charge in [-0.1, -0.05) is 115 Å². The van der Waals surface area contributed by atoms with Crippen LogP contribution in [0.3, 0.4) is 0 Å². The summed E-state index contributed by atoms with van der Waals surface area (Å²) < 4.78 is 13.5. The molecule has 2 heterocycles. The minimum atomic E-state index is 0.857. The third-order valence-corrected chi connectivity index (χ3v) is 9.44. The second-order valence-electron chi connectivity index (χ2n) is 12.0. The van der Waals surface area contributed by atoms with Crippen molar-refractivity contribution in [1.82, 2.24) is 0 Å². The Morgan fingerprint density at radius 2 is 0.979 bits per heavy atom. The van der Waals surface area contributed by atoms with Crippen LogP contribution in [0.25, 0.3) is 76.5 Å². The lowest BCUT2D eigenvalue weighted by Gasteiger charge is -2.26. The second-order valence-corrected chi connectivity index (χ2v) is 12.0. The molecule has 220 valence electrons. The van der Waals surface area contributed by atoms with Crippen molar-refractivity contribution in [2.75, 3.05) is 4.90 Å². The molecule has 0 amide bonds. The van der Waals surface area contributed by atoms with Crippen LogP contribution < -0.4 is 4.90 Å². The van der Waals surface area contributed by atoms with Gasteiger partial charge < -0.3 is 13.7 Å². The zero-order chi connectivity index (χ0) is 30.9. The first-order valence-electron chi connectivity index (χ1n) is 15.9. The van der Waals surface area contributed by atoms with E-state index in [1.54, 1.807) is 0 Å². The molecule has 0 N–H and O–H groups in total. The van der Waals surface area contributed by atoms with Crippen molar-refractivity contribution in [2.45, 2.75) is 0 Å². The van der Waals surface area contributed by atoms with E-state index in [4.69, 9.17) is 8.83 Å². The van der Waals surface area contributed by atoms with Gasteiger partial charge in [-0.05, 0) is 64.2 Å². The van der Waals surface area contributed by atoms with E-state index in [2.05, 4.69) is 157 Å². The molecule has 0 unspecified atom stereocenters. The van der Waals surface area contributed by atoms with Crippen molar-refractivity contribution >= 4 is 82.5 Å². The molecule has 0 fully saturated rings. The van der Waals surface area contributed by atoms with Gasteiger partial charge in [0, 0.05) is 44.5 Å². The van der Waals surface area contributed by atoms with Crippen LogP contribution in [-0.4, -0.2) is 0 Å². The summed E-state index contributed by atoms with van der Waals surface area (Å²) in [6.45, 7) is 0. The molecule has 3 nitrogen and oxygen atoms in total. The van der Waals surface area contributed by atoms with E-state index in [1.165, 1.54) is 16.2 Å². The number of nitrogens with zero attached hydrogens (tertiary/aromatic N) is 1. The zero-order valence-corrected chi connectivity index (χ0v) is 25.4. The van der Waals surface area contributed by atoms with E-state index >= 15 is 0 Å². The number of para-hydroxylation sites is 2. The maximum Gasteiger partial charge on any atom is 0.145 e. The fraction of sp³-hybridized carbons (Fsp3) is 0. The van der Waals surface area contributed by atoms with Gasteiger partial charge in [-0.2, -0.15) is 0 Å². The number of fused-ring (bicyclic) bond motifs is 11. The van der Waals surface area contributed by atoms with Crippen molar-refractivity contribution in [3.05, 3.63) is 164 Å². The topological polar surface area (TPSA) is 29.5 Å². The lowest BCUT2D eigenvalue weighted by molar-refractivity contribution is 0.669. The number of hydrogen-bond donors (Lipinski definition) is 0. The highest BCUT2D eigenvalue weighted by atomic mass is 16.3. The van der Waals surface area contributed by atoms with Crippen LogP contribution >= 0.6 is 0 Å². The summed E-state index contributed by atoms with van der Waals surface area (Å²) in [7, 11) is 0. The molecule has 0 aliphatic rings. The lowest BCUT2D eigenvalue weighted by Crippen LogP contribution is -2.10. The summed E-state index contributed by atoms with van der Waals surface area (Å²) in [6.07, 6.45) is 0. The summed E-state index contributed by atoms with van der Waals surface area (Å²) >= 11 is 0. The Bertz CT molecular complexity index is 2790. The minimum absolute atomic E-state index is 0.857. The quantitative estimate of drug-likeness (QED) is 0.188. The minimum Gasteiger partial charge on any atom is -0.456 e. The van der Waals surface area contributed by atoms with E-state index < -0.39 is 0 Å². The molecule has 10 rings (SSSR count). The fourth-order valence-corrected chi connectivity index (χ4v) is 7.37. The molecule has 0 atom stereocenters. The van der Waals surface area contributed by atoms with Crippen LogP contribution in [0, 0.1) is 0 Å². The maximum absolute atomic E-state index is 7.09. The average molecular weight is 602 g/mol. The summed E-state index contributed by atoms with van der Waals surface area (Å²) in [4.78, 5) is 2.34. The van der Waals surface area contributed by atoms with E-state index in [1.807, 2.05) is 12.1 Å². The highest BCUT2D eigenvalue weighted by Crippen LogP contribution is 2.50. The first kappa shape index (κ1) is 26.0. The predicted molar refractivity (Wildman–Crippen MR) is 196 cm³/mol. The Balaban J connectivity index is 1.36. The predicted octanol–water partition coefficient (Wildman–Crippen LogP) is 12.9. The standard InChI is InChI=1S/C44H27NO2/c1-3-13-28(14-4-1)31-25-26-38(42-41-36-20-9-7-17-32(36)33-18-8-10-21-37(33)44(41)47-43(31)42)45(29-15-5-2-6-16-29)30-23-24-35-34-19-11-12-22-39(34)46-40(35)27-30/h1-27H. The number of hydrogen-bond acceptors (Lipinski definition) is 3. The van der Waals surface area contributed by atoms with Crippen molar-refractivity contribution < 1.29 is 8.83 Å². The summed E-state index contributed by atoms with van der Waals surface area (Å²) in [5, 5.41) is 9.11. The van der Waals surface area contributed by atoms with Crippen LogP contribution in [0.4, 0.5) is 17.1 Å². The molecule has 47 heavy (non-hydrogen) atoms. The number of rotatable bonds is 4. The zero-order valence-electron chi connectivity index (χ0n) is 25.4. The third kappa shape index (κ3) is 3.87. The monoisotopic (exact) mass is 601 g/mol. The highest BCUT2D eigenvalue weighted by Gasteiger charge is 2.25. The van der Waals surface area contributed by atoms with Crippen molar-refractivity contribution in [2.24, 2.45) is 0 Å². The van der Waals surface area contributed by atoms with Crippen LogP contribution in [0.1, 0.15) is 0 Å². The molecule has 3 heteroatoms. The molecule has 0 bridgehead atoms. The van der Waals surface area contributed by atoms with E-state index in [9.17, 15) is 0 Å². The van der Waals surface area contributed by atoms with Gasteiger partial charge in [0.25, 0.3) is 0 Å². The Morgan fingerprint density at radius 3 is 1.77 bits per heavy atom. The van der Waals surface area contributed by atoms with Crippen LogP contribution in [0.2, 0.25) is 0 Å². The van der Waals surface area contributed by atoms with Crippen LogP contribution in [0.15, 0.2) is 173 Å². The van der Waals surface area contributed by atoms with Gasteiger partial charge in [0.2, 0.25) is 0 Å². The van der Waals surface area contributed by atoms with Gasteiger partial charge in [-0.25, -0.2) is 0 Å². The molecule has 8 aromatic carbocycles. The molecule has 0 saturated carbocycles. The first-order chi connectivity index (χ1) is 23.3. The van der Waals surface area contributed by atoms with E-state index in [0.29, 0.717) is 0 Å². The largest absolute Gasteiger partial charge is 0.456 e. The fourth-order valence-electron chi connectivity index (χ4n) is 7.37. The Hall–Kier alpha value is -6.32. The molecule has 0 aliphatic carbocycles. The Kier molecular flexibility index (Phi) is 5.57. The van der Waals surface area contributed by atoms with Gasteiger partial charge in [0.05, 0.1) is 11.1 Å².